The van der Waals surface area contributed by atoms with Gasteiger partial charge >= 0.3 is 0 Å². The third-order valence-electron chi connectivity index (χ3n) is 0.371. The first-order valence-electron chi connectivity index (χ1n) is 1.72. The summed E-state index contributed by atoms with van der Waals surface area (Å²) < 4.78 is 0. The summed E-state index contributed by atoms with van der Waals surface area (Å²) in [6, 6.07) is 0. The highest BCUT2D eigenvalue weighted by atomic mass is 14.8. The minimum atomic E-state index is 0.726. The minimum absolute atomic E-state index is 0.726. The lowest BCUT2D eigenvalue weighted by Gasteiger charge is -1.89. The Labute approximate surface area is 32.4 Å². The van der Waals surface area contributed by atoms with E-state index in [0.29, 0.717) is 0 Å². The molecule has 2 heteroatoms. The molecule has 0 aromatic heterocycles. The van der Waals surface area contributed by atoms with Crippen molar-refractivity contribution >= 4 is 0 Å². The van der Waals surface area contributed by atoms with Gasteiger partial charge in [0.2, 0.25) is 0 Å². The minimum Gasteiger partial charge on any atom is -0.478 e. The van der Waals surface area contributed by atoms with Crippen molar-refractivity contribution in [2.75, 3.05) is 13.1 Å². The fraction of sp³-hybridized carbons (Fsp3) is 0.667. The maximum absolute atomic E-state index is 5.07. The molecule has 0 radical (unpaired) electrons. The first-order valence-corrected chi connectivity index (χ1v) is 1.72. The molecule has 0 aromatic rings. The lowest BCUT2D eigenvalue weighted by molar-refractivity contribution is -0.592. The first kappa shape index (κ1) is 4.92. The van der Waals surface area contributed by atoms with Gasteiger partial charge in [-0.3, -0.25) is 0 Å². The van der Waals surface area contributed by atoms with Crippen LogP contribution in [0.2, 0.25) is 0 Å². The van der Waals surface area contributed by atoms with Crippen LogP contribution < -0.4 is 11.1 Å². The van der Waals surface area contributed by atoms with E-state index in [9.17, 15) is 0 Å². The summed E-state index contributed by atoms with van der Waals surface area (Å²) >= 11 is 0. The summed E-state index contributed by atoms with van der Waals surface area (Å²) in [5.74, 6) is 0. The average molecular weight is 74.1 g/mol. The van der Waals surface area contributed by atoms with Crippen molar-refractivity contribution in [1.29, 1.82) is 0 Å². The predicted octanol–water partition coefficient (Wildman–Crippen LogP) is -1.70. The van der Waals surface area contributed by atoms with Gasteiger partial charge in [0.05, 0.1) is 6.54 Å². The Hall–Kier alpha value is -0.0800. The van der Waals surface area contributed by atoms with E-state index in [4.69, 9.17) is 5.73 Å². The van der Waals surface area contributed by atoms with Gasteiger partial charge in [-0.25, -0.2) is 0 Å². The molecule has 0 aliphatic rings. The normalized spacial score (nSPS) is 8.40. The van der Waals surface area contributed by atoms with Crippen LogP contribution in [-0.2, 0) is 0 Å². The molecule has 4 N–H and O–H groups in total. The number of hydrogen-bond donors (Lipinski definition) is 2. The Morgan fingerprint density at radius 3 is 2.40 bits per heavy atom. The van der Waals surface area contributed by atoms with E-state index in [1.807, 2.05) is 0 Å². The van der Waals surface area contributed by atoms with E-state index in [1.54, 1.807) is 5.32 Å². The molecule has 2 nitrogen and oxygen atoms in total. The summed E-state index contributed by atoms with van der Waals surface area (Å²) in [5, 5.41) is 1.81. The van der Waals surface area contributed by atoms with Crippen LogP contribution in [0.15, 0.2) is 0 Å². The molecular weight excluding hydrogens is 64.0 g/mol. The average Bonchev–Trinajstić information content (AvgIpc) is 1.41. The van der Waals surface area contributed by atoms with Gasteiger partial charge < -0.3 is 11.1 Å². The maximum atomic E-state index is 5.07. The van der Waals surface area contributed by atoms with Crippen LogP contribution in [0.1, 0.15) is 0 Å². The van der Waals surface area contributed by atoms with Crippen molar-refractivity contribution in [3.8, 4) is 0 Å². The van der Waals surface area contributed by atoms with E-state index < -0.39 is 0 Å². The highest BCUT2D eigenvalue weighted by Crippen LogP contribution is 1.24. The summed E-state index contributed by atoms with van der Waals surface area (Å²) in [6.45, 7) is 1.66. The van der Waals surface area contributed by atoms with E-state index in [0.717, 1.165) is 13.1 Å². The Kier molecular flexibility index (Phi) is 3.86. The molecule has 0 unspecified atom stereocenters. The van der Waals surface area contributed by atoms with Crippen molar-refractivity contribution in [3.05, 3.63) is 7.05 Å². The topological polar surface area (TPSA) is 42.6 Å². The Morgan fingerprint density at radius 2 is 2.40 bits per heavy atom. The number of hydrogen-bond acceptors (Lipinski definition) is 1. The second-order valence-corrected chi connectivity index (χ2v) is 0.866. The van der Waals surface area contributed by atoms with Crippen LogP contribution in [0.4, 0.5) is 0 Å². The van der Waals surface area contributed by atoms with E-state index in [2.05, 4.69) is 7.05 Å². The molecule has 0 aliphatic carbocycles. The van der Waals surface area contributed by atoms with Crippen LogP contribution in [0.5, 0.6) is 0 Å². The van der Waals surface area contributed by atoms with Gasteiger partial charge in [-0.2, -0.15) is 7.05 Å². The molecule has 0 rings (SSSR count). The van der Waals surface area contributed by atoms with Gasteiger partial charge in [0.1, 0.15) is 0 Å². The summed E-state index contributed by atoms with van der Waals surface area (Å²) in [5.41, 5.74) is 5.07. The van der Waals surface area contributed by atoms with Crippen LogP contribution >= 0.6 is 0 Å². The largest absolute Gasteiger partial charge is 0.478 e. The number of rotatable bonds is 2. The summed E-state index contributed by atoms with van der Waals surface area (Å²) in [6.07, 6.45) is 0. The Morgan fingerprint density at radius 1 is 1.80 bits per heavy atom. The van der Waals surface area contributed by atoms with Crippen molar-refractivity contribution in [1.82, 2.24) is 0 Å². The fourth-order valence-corrected chi connectivity index (χ4v) is 0.118. The molecule has 32 valence electrons. The monoisotopic (exact) mass is 74.1 g/mol. The zero-order valence-electron chi connectivity index (χ0n) is 3.28. The smallest absolute Gasteiger partial charge is 0.0640 e. The van der Waals surface area contributed by atoms with Gasteiger partial charge in [0.25, 0.3) is 0 Å². The standard InChI is InChI=1S/C3H10N2/c1-5-3-2-4/h1-5H2. The van der Waals surface area contributed by atoms with Gasteiger partial charge in [-0.15, -0.1) is 0 Å². The van der Waals surface area contributed by atoms with Gasteiger partial charge in [-0.05, 0) is 0 Å². The van der Waals surface area contributed by atoms with Crippen molar-refractivity contribution in [2.45, 2.75) is 0 Å². The highest BCUT2D eigenvalue weighted by molar-refractivity contribution is 4.18. The molecule has 0 aromatic carbocycles. The highest BCUT2D eigenvalue weighted by Gasteiger charge is 1.63. The SMILES string of the molecule is [CH2-][NH2+]CCN. The molecule has 0 heterocycles. The molecule has 0 spiro atoms. The Bertz CT molecular complexity index is 12.4. The third-order valence-corrected chi connectivity index (χ3v) is 0.371. The van der Waals surface area contributed by atoms with Gasteiger partial charge in [-0.1, -0.05) is 0 Å². The molecule has 0 atom stereocenters. The molecule has 0 bridgehead atoms. The maximum Gasteiger partial charge on any atom is 0.0640 e. The third kappa shape index (κ3) is 3.92. The molecular formula is C3H10N2. The molecule has 0 amide bonds. The zero-order chi connectivity index (χ0) is 4.12. The summed E-state index contributed by atoms with van der Waals surface area (Å²) in [4.78, 5) is 0. The van der Waals surface area contributed by atoms with Gasteiger partial charge in [0, 0.05) is 6.54 Å². The summed E-state index contributed by atoms with van der Waals surface area (Å²) in [7, 11) is 3.47. The second kappa shape index (κ2) is 3.92. The number of nitrogens with two attached hydrogens (primary N) is 2. The van der Waals surface area contributed by atoms with Crippen molar-refractivity contribution in [3.63, 3.8) is 0 Å². The first-order chi connectivity index (χ1) is 2.41. The molecule has 0 aliphatic heterocycles. The number of quaternary nitrogens is 1. The van der Waals surface area contributed by atoms with Crippen molar-refractivity contribution < 1.29 is 5.32 Å². The van der Waals surface area contributed by atoms with Crippen molar-refractivity contribution in [2.24, 2.45) is 5.73 Å². The van der Waals surface area contributed by atoms with Crippen LogP contribution in [0, 0.1) is 7.05 Å². The second-order valence-electron chi connectivity index (χ2n) is 0.866. The van der Waals surface area contributed by atoms with Crippen LogP contribution in [-0.4, -0.2) is 13.1 Å². The van der Waals surface area contributed by atoms with Crippen LogP contribution in [0.25, 0.3) is 0 Å². The molecule has 0 fully saturated rings. The van der Waals surface area contributed by atoms with E-state index in [1.165, 1.54) is 0 Å². The van der Waals surface area contributed by atoms with Gasteiger partial charge in [0.15, 0.2) is 0 Å². The zero-order valence-corrected chi connectivity index (χ0v) is 3.28. The molecule has 0 saturated carbocycles. The molecule has 0 saturated heterocycles. The lowest BCUT2D eigenvalue weighted by Crippen LogP contribution is -2.78. The predicted molar refractivity (Wildman–Crippen MR) is 21.2 cm³/mol. The Balaban J connectivity index is 2.19. The van der Waals surface area contributed by atoms with E-state index >= 15 is 0 Å². The quantitative estimate of drug-likeness (QED) is 0.377. The molecule has 5 heavy (non-hydrogen) atoms. The fourth-order valence-electron chi connectivity index (χ4n) is 0.118. The lowest BCUT2D eigenvalue weighted by atomic mass is 10.7. The van der Waals surface area contributed by atoms with Crippen LogP contribution in [0.3, 0.4) is 0 Å². The van der Waals surface area contributed by atoms with E-state index in [-0.39, 0.29) is 0 Å².